The second-order valence-electron chi connectivity index (χ2n) is 16.0. The minimum Gasteiger partial charge on any atom is -0.0617 e. The molecule has 0 heterocycles. The van der Waals surface area contributed by atoms with Crippen molar-refractivity contribution in [1.29, 1.82) is 0 Å². The van der Waals surface area contributed by atoms with Gasteiger partial charge in [0.25, 0.3) is 0 Å². The minimum absolute atomic E-state index is 0.122. The van der Waals surface area contributed by atoms with Crippen LogP contribution >= 0.6 is 0 Å². The summed E-state index contributed by atoms with van der Waals surface area (Å²) in [7, 11) is 0. The number of hydrogen-bond donors (Lipinski definition) is 0. The molecule has 0 aromatic heterocycles. The summed E-state index contributed by atoms with van der Waals surface area (Å²) in [5.41, 5.74) is 11.4. The zero-order valence-electron chi connectivity index (χ0n) is 26.0. The molecule has 0 unspecified atom stereocenters. The number of aryl methyl sites for hydroxylation is 2. The number of rotatable bonds is 4. The van der Waals surface area contributed by atoms with Crippen molar-refractivity contribution in [3.8, 4) is 0 Å². The molecule has 35 heavy (non-hydrogen) atoms. The van der Waals surface area contributed by atoms with Crippen molar-refractivity contribution in [3.05, 3.63) is 69.3 Å². The Balaban J connectivity index is 2.57. The monoisotopic (exact) mass is 476 g/mol. The maximum absolute atomic E-state index is 2.53. The summed E-state index contributed by atoms with van der Waals surface area (Å²) < 4.78 is 0. The highest BCUT2D eigenvalue weighted by molar-refractivity contribution is 5.49. The van der Waals surface area contributed by atoms with Crippen molar-refractivity contribution < 1.29 is 0 Å². The molecule has 2 rings (SSSR count). The van der Waals surface area contributed by atoms with Gasteiger partial charge in [-0.1, -0.05) is 134 Å². The third-order valence-electron chi connectivity index (χ3n) is 7.25. The van der Waals surface area contributed by atoms with Crippen molar-refractivity contribution in [2.75, 3.05) is 0 Å². The molecule has 2 aromatic rings. The maximum Gasteiger partial charge on any atom is -0.0126 e. The third-order valence-corrected chi connectivity index (χ3v) is 7.25. The second kappa shape index (κ2) is 9.72. The van der Waals surface area contributed by atoms with Crippen LogP contribution in [-0.2, 0) is 39.9 Å². The fourth-order valence-corrected chi connectivity index (χ4v) is 5.60. The first-order valence-electron chi connectivity index (χ1n) is 13.9. The molecule has 0 spiro atoms. The van der Waals surface area contributed by atoms with Gasteiger partial charge in [0.2, 0.25) is 0 Å². The highest BCUT2D eigenvalue weighted by Gasteiger charge is 2.31. The Kier molecular flexibility index (Phi) is 8.24. The molecule has 2 aromatic carbocycles. The van der Waals surface area contributed by atoms with Crippen molar-refractivity contribution in [1.82, 2.24) is 0 Å². The summed E-state index contributed by atoms with van der Waals surface area (Å²) in [6.45, 7) is 35.5. The van der Waals surface area contributed by atoms with E-state index in [0.29, 0.717) is 0 Å². The largest absolute Gasteiger partial charge is 0.0617 e. The molecule has 0 saturated carbocycles. The van der Waals surface area contributed by atoms with E-state index in [1.807, 2.05) is 0 Å². The normalized spacial score (nSPS) is 13.9. The number of benzene rings is 2. The Morgan fingerprint density at radius 3 is 1.34 bits per heavy atom. The quantitative estimate of drug-likeness (QED) is 0.411. The van der Waals surface area contributed by atoms with Crippen LogP contribution in [0.25, 0.3) is 0 Å². The lowest BCUT2D eigenvalue weighted by Crippen LogP contribution is -2.26. The van der Waals surface area contributed by atoms with Gasteiger partial charge in [0.15, 0.2) is 0 Å². The van der Waals surface area contributed by atoms with Gasteiger partial charge in [-0.3, -0.25) is 0 Å². The Morgan fingerprint density at radius 2 is 0.914 bits per heavy atom. The smallest absolute Gasteiger partial charge is 0.0126 e. The van der Waals surface area contributed by atoms with E-state index in [1.165, 1.54) is 28.7 Å². The second-order valence-corrected chi connectivity index (χ2v) is 16.0. The van der Waals surface area contributed by atoms with Gasteiger partial charge in [-0.2, -0.15) is 0 Å². The van der Waals surface area contributed by atoms with E-state index >= 15 is 0 Å². The highest BCUT2D eigenvalue weighted by Crippen LogP contribution is 2.41. The summed E-state index contributed by atoms with van der Waals surface area (Å²) in [6, 6.07) is 12.1. The standard InChI is InChI=1S/C35H56/c1-31(2,3)26-22-25(30(35(13,14)15)28(23-26)33(7,8)9)20-16-18-24-19-17-21-27(32(4,5)6)29(24)34(10,11)12/h17,19,21-23H,16,18,20H2,1-15H3. The molecule has 0 nitrogen and oxygen atoms in total. The van der Waals surface area contributed by atoms with E-state index in [0.717, 1.165) is 12.8 Å². The molecule has 0 N–H and O–H groups in total. The van der Waals surface area contributed by atoms with Crippen LogP contribution < -0.4 is 0 Å². The topological polar surface area (TPSA) is 0 Å². The predicted molar refractivity (Wildman–Crippen MR) is 158 cm³/mol. The first-order valence-corrected chi connectivity index (χ1v) is 13.9. The molecule has 0 heteroatoms. The summed E-state index contributed by atoms with van der Waals surface area (Å²) in [4.78, 5) is 0. The van der Waals surface area contributed by atoms with E-state index < -0.39 is 0 Å². The lowest BCUT2D eigenvalue weighted by Gasteiger charge is -2.35. The third kappa shape index (κ3) is 7.24. The molecule has 0 atom stereocenters. The van der Waals surface area contributed by atoms with Crippen LogP contribution in [0.4, 0.5) is 0 Å². The van der Waals surface area contributed by atoms with Gasteiger partial charge in [0, 0.05) is 0 Å². The van der Waals surface area contributed by atoms with Gasteiger partial charge < -0.3 is 0 Å². The first-order chi connectivity index (χ1) is 15.5. The molecule has 0 aliphatic heterocycles. The molecule has 0 aliphatic carbocycles. The van der Waals surface area contributed by atoms with Crippen LogP contribution in [-0.4, -0.2) is 0 Å². The Labute approximate surface area is 219 Å². The average Bonchev–Trinajstić information content (AvgIpc) is 2.63. The SMILES string of the molecule is CC(C)(C)c1cc(CCCc2cccc(C(C)(C)C)c2C(C)(C)C)c(C(C)(C)C)c(C(C)(C)C)c1. The lowest BCUT2D eigenvalue weighted by atomic mass is 9.69. The maximum atomic E-state index is 2.53. The summed E-state index contributed by atoms with van der Waals surface area (Å²) in [5.74, 6) is 0. The molecule has 0 fully saturated rings. The van der Waals surface area contributed by atoms with Gasteiger partial charge in [-0.25, -0.2) is 0 Å². The van der Waals surface area contributed by atoms with Gasteiger partial charge in [0.1, 0.15) is 0 Å². The van der Waals surface area contributed by atoms with Gasteiger partial charge >= 0.3 is 0 Å². The molecule has 0 saturated heterocycles. The number of hydrogen-bond acceptors (Lipinski definition) is 0. The molecule has 196 valence electrons. The van der Waals surface area contributed by atoms with E-state index in [9.17, 15) is 0 Å². The highest BCUT2D eigenvalue weighted by atomic mass is 14.4. The minimum atomic E-state index is 0.122. The van der Waals surface area contributed by atoms with Crippen molar-refractivity contribution in [2.45, 2.75) is 150 Å². The van der Waals surface area contributed by atoms with Gasteiger partial charge in [0.05, 0.1) is 0 Å². The van der Waals surface area contributed by atoms with Crippen LogP contribution in [0.1, 0.15) is 149 Å². The summed E-state index contributed by atoms with van der Waals surface area (Å²) in [6.07, 6.45) is 3.44. The van der Waals surface area contributed by atoms with Crippen LogP contribution in [0.5, 0.6) is 0 Å². The predicted octanol–water partition coefficient (Wildman–Crippen LogP) is 10.3. The van der Waals surface area contributed by atoms with E-state index in [1.54, 1.807) is 16.7 Å². The molecule has 0 bridgehead atoms. The molecular weight excluding hydrogens is 420 g/mol. The van der Waals surface area contributed by atoms with Gasteiger partial charge in [-0.05, 0) is 85.3 Å². The van der Waals surface area contributed by atoms with Crippen LogP contribution in [0.3, 0.4) is 0 Å². The summed E-state index contributed by atoms with van der Waals surface area (Å²) >= 11 is 0. The lowest BCUT2D eigenvalue weighted by molar-refractivity contribution is 0.514. The first kappa shape index (κ1) is 29.7. The molecule has 0 amide bonds. The Bertz CT molecular complexity index is 1010. The van der Waals surface area contributed by atoms with Crippen molar-refractivity contribution in [3.63, 3.8) is 0 Å². The Hall–Kier alpha value is -1.56. The van der Waals surface area contributed by atoms with Crippen LogP contribution in [0.15, 0.2) is 30.3 Å². The van der Waals surface area contributed by atoms with E-state index in [-0.39, 0.29) is 27.1 Å². The fraction of sp³-hybridized carbons (Fsp3) is 0.657. The zero-order valence-corrected chi connectivity index (χ0v) is 26.0. The molecule has 0 radical (unpaired) electrons. The summed E-state index contributed by atoms with van der Waals surface area (Å²) in [5, 5.41) is 0. The van der Waals surface area contributed by atoms with Crippen molar-refractivity contribution >= 4 is 0 Å². The fourth-order valence-electron chi connectivity index (χ4n) is 5.60. The van der Waals surface area contributed by atoms with E-state index in [4.69, 9.17) is 0 Å². The van der Waals surface area contributed by atoms with E-state index in [2.05, 4.69) is 134 Å². The zero-order chi connectivity index (χ0) is 27.2. The van der Waals surface area contributed by atoms with Crippen LogP contribution in [0, 0.1) is 0 Å². The van der Waals surface area contributed by atoms with Crippen LogP contribution in [0.2, 0.25) is 0 Å². The molecule has 0 aliphatic rings. The van der Waals surface area contributed by atoms with Gasteiger partial charge in [-0.15, -0.1) is 0 Å². The Morgan fingerprint density at radius 1 is 0.457 bits per heavy atom. The molecular formula is C35H56. The van der Waals surface area contributed by atoms with Crippen molar-refractivity contribution in [2.24, 2.45) is 0 Å². The average molecular weight is 477 g/mol.